The summed E-state index contributed by atoms with van der Waals surface area (Å²) in [5.74, 6) is 3.22. The van der Waals surface area contributed by atoms with Crippen molar-refractivity contribution in [1.29, 1.82) is 0 Å². The van der Waals surface area contributed by atoms with Crippen molar-refractivity contribution in [3.63, 3.8) is 0 Å². The minimum Gasteiger partial charge on any atom is -0.316 e. The van der Waals surface area contributed by atoms with Crippen molar-refractivity contribution in [3.05, 3.63) is 35.4 Å². The van der Waals surface area contributed by atoms with Crippen LogP contribution >= 0.6 is 23.5 Å². The highest BCUT2D eigenvalue weighted by Gasteiger charge is 2.29. The van der Waals surface area contributed by atoms with Gasteiger partial charge in [0.1, 0.15) is 0 Å². The smallest absolute Gasteiger partial charge is 0.0320 e. The zero-order valence-electron chi connectivity index (χ0n) is 13.1. The van der Waals surface area contributed by atoms with E-state index in [0.29, 0.717) is 12.0 Å². The Labute approximate surface area is 132 Å². The van der Waals surface area contributed by atoms with Crippen LogP contribution in [0.4, 0.5) is 0 Å². The van der Waals surface area contributed by atoms with E-state index < -0.39 is 0 Å². The standard InChI is InChI=1S/C17H27NS2/c1-12(2)15-7-5-14(6-8-15)11-16(18-4)17-13(3)19-9-10-20-17/h5-8,12-13,16-18H,9-11H2,1-4H3. The average molecular weight is 310 g/mol. The first-order chi connectivity index (χ1) is 9.61. The molecule has 0 aromatic heterocycles. The van der Waals surface area contributed by atoms with Crippen molar-refractivity contribution in [1.82, 2.24) is 5.32 Å². The molecule has 20 heavy (non-hydrogen) atoms. The molecule has 1 heterocycles. The summed E-state index contributed by atoms with van der Waals surface area (Å²) in [6.07, 6.45) is 1.14. The molecule has 1 aliphatic heterocycles. The SMILES string of the molecule is CNC(Cc1ccc(C(C)C)cc1)C1SCCSC1C. The summed E-state index contributed by atoms with van der Waals surface area (Å²) in [5, 5.41) is 5.03. The first-order valence-corrected chi connectivity index (χ1v) is 9.71. The fraction of sp³-hybridized carbons (Fsp3) is 0.647. The van der Waals surface area contributed by atoms with Gasteiger partial charge < -0.3 is 5.32 Å². The third-order valence-corrected chi connectivity index (χ3v) is 7.36. The Morgan fingerprint density at radius 2 is 1.80 bits per heavy atom. The monoisotopic (exact) mass is 309 g/mol. The molecular formula is C17H27NS2. The highest BCUT2D eigenvalue weighted by Crippen LogP contribution is 2.34. The lowest BCUT2D eigenvalue weighted by Gasteiger charge is -2.34. The van der Waals surface area contributed by atoms with E-state index in [4.69, 9.17) is 0 Å². The quantitative estimate of drug-likeness (QED) is 0.876. The Morgan fingerprint density at radius 3 is 2.35 bits per heavy atom. The molecular weight excluding hydrogens is 282 g/mol. The lowest BCUT2D eigenvalue weighted by Crippen LogP contribution is -2.44. The third-order valence-electron chi connectivity index (χ3n) is 4.11. The van der Waals surface area contributed by atoms with Gasteiger partial charge in [0, 0.05) is 28.0 Å². The first-order valence-electron chi connectivity index (χ1n) is 7.61. The zero-order valence-corrected chi connectivity index (χ0v) is 14.7. The first kappa shape index (κ1) is 16.3. The molecule has 1 N–H and O–H groups in total. The Balaban J connectivity index is 2.01. The second-order valence-corrected chi connectivity index (χ2v) is 8.68. The second kappa shape index (κ2) is 7.77. The molecule has 1 fully saturated rings. The summed E-state index contributed by atoms with van der Waals surface area (Å²) in [6, 6.07) is 9.78. The molecule has 3 heteroatoms. The third kappa shape index (κ3) is 4.19. The molecule has 0 saturated carbocycles. The van der Waals surface area contributed by atoms with Crippen LogP contribution in [0.15, 0.2) is 24.3 Å². The molecule has 3 atom stereocenters. The van der Waals surface area contributed by atoms with Crippen molar-refractivity contribution in [2.75, 3.05) is 18.6 Å². The minimum absolute atomic E-state index is 0.577. The van der Waals surface area contributed by atoms with Crippen LogP contribution in [-0.4, -0.2) is 35.1 Å². The lowest BCUT2D eigenvalue weighted by molar-refractivity contribution is 0.531. The van der Waals surface area contributed by atoms with Gasteiger partial charge in [0.15, 0.2) is 0 Å². The fourth-order valence-electron chi connectivity index (χ4n) is 2.77. The Bertz CT molecular complexity index is 402. The largest absolute Gasteiger partial charge is 0.316 e. The summed E-state index contributed by atoms with van der Waals surface area (Å²) in [5.41, 5.74) is 2.89. The fourth-order valence-corrected chi connectivity index (χ4v) is 5.77. The summed E-state index contributed by atoms with van der Waals surface area (Å²) >= 11 is 4.27. The van der Waals surface area contributed by atoms with E-state index in [-0.39, 0.29) is 0 Å². The van der Waals surface area contributed by atoms with Crippen molar-refractivity contribution >= 4 is 23.5 Å². The molecule has 1 aromatic carbocycles. The number of benzene rings is 1. The number of rotatable bonds is 5. The van der Waals surface area contributed by atoms with E-state index in [2.05, 4.69) is 80.9 Å². The normalized spacial score (nSPS) is 24.9. The van der Waals surface area contributed by atoms with E-state index >= 15 is 0 Å². The van der Waals surface area contributed by atoms with Crippen molar-refractivity contribution < 1.29 is 0 Å². The van der Waals surface area contributed by atoms with Gasteiger partial charge in [0.25, 0.3) is 0 Å². The van der Waals surface area contributed by atoms with Gasteiger partial charge in [0.2, 0.25) is 0 Å². The van der Waals surface area contributed by atoms with Crippen molar-refractivity contribution in [2.45, 2.75) is 49.7 Å². The topological polar surface area (TPSA) is 12.0 Å². The van der Waals surface area contributed by atoms with Gasteiger partial charge in [-0.05, 0) is 30.5 Å². The van der Waals surface area contributed by atoms with Crippen LogP contribution < -0.4 is 5.32 Å². The molecule has 112 valence electrons. The Morgan fingerprint density at radius 1 is 1.15 bits per heavy atom. The Hall–Kier alpha value is -0.120. The maximum absolute atomic E-state index is 3.55. The van der Waals surface area contributed by atoms with Gasteiger partial charge in [-0.2, -0.15) is 23.5 Å². The summed E-state index contributed by atoms with van der Waals surface area (Å²) in [4.78, 5) is 0. The molecule has 1 aliphatic rings. The molecule has 1 aromatic rings. The molecule has 0 aliphatic carbocycles. The van der Waals surface area contributed by atoms with Crippen LogP contribution in [0.2, 0.25) is 0 Å². The number of hydrogen-bond donors (Lipinski definition) is 1. The predicted octanol–water partition coefficient (Wildman–Crippen LogP) is 4.18. The van der Waals surface area contributed by atoms with Gasteiger partial charge in [-0.25, -0.2) is 0 Å². The second-order valence-electron chi connectivity index (χ2n) is 5.91. The van der Waals surface area contributed by atoms with E-state index in [1.54, 1.807) is 0 Å². The summed E-state index contributed by atoms with van der Waals surface area (Å²) < 4.78 is 0. The summed E-state index contributed by atoms with van der Waals surface area (Å²) in [6.45, 7) is 6.89. The van der Waals surface area contributed by atoms with Crippen LogP contribution in [0, 0.1) is 0 Å². The number of likely N-dealkylation sites (N-methyl/N-ethyl adjacent to an activating group) is 1. The van der Waals surface area contributed by atoms with Crippen LogP contribution in [0.5, 0.6) is 0 Å². The molecule has 0 radical (unpaired) electrons. The zero-order chi connectivity index (χ0) is 14.5. The maximum Gasteiger partial charge on any atom is 0.0320 e. The molecule has 1 nitrogen and oxygen atoms in total. The van der Waals surface area contributed by atoms with Crippen molar-refractivity contribution in [3.8, 4) is 0 Å². The van der Waals surface area contributed by atoms with Crippen LogP contribution in [0.25, 0.3) is 0 Å². The Kier molecular flexibility index (Phi) is 6.31. The highest BCUT2D eigenvalue weighted by molar-refractivity contribution is 8.07. The molecule has 1 saturated heterocycles. The van der Waals surface area contributed by atoms with E-state index in [9.17, 15) is 0 Å². The molecule has 2 rings (SSSR count). The van der Waals surface area contributed by atoms with Gasteiger partial charge in [-0.1, -0.05) is 45.0 Å². The predicted molar refractivity (Wildman–Crippen MR) is 95.2 cm³/mol. The summed E-state index contributed by atoms with van der Waals surface area (Å²) in [7, 11) is 2.11. The molecule has 0 amide bonds. The van der Waals surface area contributed by atoms with Gasteiger partial charge in [0.05, 0.1) is 0 Å². The number of hydrogen-bond acceptors (Lipinski definition) is 3. The highest BCUT2D eigenvalue weighted by atomic mass is 32.2. The lowest BCUT2D eigenvalue weighted by atomic mass is 9.97. The van der Waals surface area contributed by atoms with E-state index in [1.807, 2.05) is 0 Å². The molecule has 0 bridgehead atoms. The average Bonchev–Trinajstić information content (AvgIpc) is 2.46. The van der Waals surface area contributed by atoms with Crippen molar-refractivity contribution in [2.24, 2.45) is 0 Å². The van der Waals surface area contributed by atoms with Gasteiger partial charge in [-0.3, -0.25) is 0 Å². The maximum atomic E-state index is 3.55. The van der Waals surface area contributed by atoms with Gasteiger partial charge >= 0.3 is 0 Å². The van der Waals surface area contributed by atoms with Crippen LogP contribution in [-0.2, 0) is 6.42 Å². The van der Waals surface area contributed by atoms with Gasteiger partial charge in [-0.15, -0.1) is 0 Å². The molecule has 0 spiro atoms. The molecule has 3 unspecified atom stereocenters. The number of nitrogens with one attached hydrogen (secondary N) is 1. The number of thioether (sulfide) groups is 2. The van der Waals surface area contributed by atoms with Crippen LogP contribution in [0.3, 0.4) is 0 Å². The van der Waals surface area contributed by atoms with E-state index in [0.717, 1.165) is 16.9 Å². The van der Waals surface area contributed by atoms with Crippen LogP contribution in [0.1, 0.15) is 37.8 Å². The van der Waals surface area contributed by atoms with E-state index in [1.165, 1.54) is 22.6 Å². The minimum atomic E-state index is 0.577.